The molecule has 2 rings (SSSR count). The number of hydrogen-bond donors (Lipinski definition) is 0. The van der Waals surface area contributed by atoms with Crippen LogP contribution < -0.4 is 0 Å². The van der Waals surface area contributed by atoms with E-state index in [1.165, 1.54) is 17.4 Å². The molecular weight excluding hydrogens is 341 g/mol. The molecule has 2 nitrogen and oxygen atoms in total. The van der Waals surface area contributed by atoms with Crippen LogP contribution in [0.25, 0.3) is 0 Å². The summed E-state index contributed by atoms with van der Waals surface area (Å²) < 4.78 is 14.6. The van der Waals surface area contributed by atoms with Crippen LogP contribution in [0.15, 0.2) is 40.2 Å². The third-order valence-corrected chi connectivity index (χ3v) is 5.16. The molecule has 0 aliphatic carbocycles. The molecule has 0 amide bonds. The third-order valence-electron chi connectivity index (χ3n) is 3.28. The first-order valence-corrected chi connectivity index (χ1v) is 7.89. The minimum Gasteiger partial charge on any atom is -0.292 e. The van der Waals surface area contributed by atoms with Crippen LogP contribution in [-0.2, 0) is 0 Å². The molecule has 0 radical (unpaired) electrons. The van der Waals surface area contributed by atoms with E-state index in [0.717, 1.165) is 4.47 Å². The van der Waals surface area contributed by atoms with Gasteiger partial charge in [-0.1, -0.05) is 18.2 Å². The minimum absolute atomic E-state index is 0.0394. The second-order valence-corrected chi connectivity index (χ2v) is 6.40. The maximum atomic E-state index is 13.8. The number of ketones is 1. The van der Waals surface area contributed by atoms with E-state index in [4.69, 9.17) is 0 Å². The predicted octanol–water partition coefficient (Wildman–Crippen LogP) is 4.53. The number of Topliss-reactive ketones (excluding diaryl/α,β-unsaturated/α-hetero) is 1. The number of benzene rings is 1. The number of likely N-dealkylation sites (N-methyl/N-ethyl adjacent to an activating group) is 1. The molecule has 2 aromatic rings. The van der Waals surface area contributed by atoms with Crippen molar-refractivity contribution in [3.8, 4) is 0 Å². The van der Waals surface area contributed by atoms with Gasteiger partial charge in [0.25, 0.3) is 0 Å². The Morgan fingerprint density at radius 3 is 2.70 bits per heavy atom. The molecule has 1 unspecified atom stereocenters. The van der Waals surface area contributed by atoms with Crippen LogP contribution in [0.2, 0.25) is 0 Å². The number of thiophene rings is 1. The van der Waals surface area contributed by atoms with Crippen LogP contribution >= 0.6 is 27.3 Å². The smallest absolute Gasteiger partial charge is 0.187 e. The summed E-state index contributed by atoms with van der Waals surface area (Å²) >= 11 is 4.77. The van der Waals surface area contributed by atoms with Crippen LogP contribution in [0.5, 0.6) is 0 Å². The Bertz CT molecular complexity index is 613. The zero-order chi connectivity index (χ0) is 14.7. The molecule has 0 fully saturated rings. The Labute approximate surface area is 130 Å². The van der Waals surface area contributed by atoms with Gasteiger partial charge < -0.3 is 0 Å². The van der Waals surface area contributed by atoms with Crippen LogP contribution in [0.1, 0.15) is 28.2 Å². The lowest BCUT2D eigenvalue weighted by Crippen LogP contribution is -2.29. The van der Waals surface area contributed by atoms with Crippen molar-refractivity contribution < 1.29 is 9.18 Å². The van der Waals surface area contributed by atoms with Gasteiger partial charge in [0.15, 0.2) is 5.78 Å². The fraction of sp³-hybridized carbons (Fsp3) is 0.267. The fourth-order valence-corrected chi connectivity index (χ4v) is 3.50. The SMILES string of the molecule is CC(c1ccccc1F)N(C)CC(=O)c1sccc1Br. The second kappa shape index (κ2) is 6.61. The molecule has 1 aromatic heterocycles. The number of rotatable bonds is 5. The average molecular weight is 356 g/mol. The topological polar surface area (TPSA) is 20.3 Å². The normalized spacial score (nSPS) is 12.7. The molecule has 1 aromatic carbocycles. The van der Waals surface area contributed by atoms with E-state index >= 15 is 0 Å². The Hall–Kier alpha value is -1.04. The number of nitrogens with zero attached hydrogens (tertiary/aromatic N) is 1. The molecular formula is C15H15BrFNOS. The Morgan fingerprint density at radius 2 is 2.10 bits per heavy atom. The summed E-state index contributed by atoms with van der Waals surface area (Å²) in [5, 5.41) is 1.87. The lowest BCUT2D eigenvalue weighted by molar-refractivity contribution is 0.0927. The zero-order valence-electron chi connectivity index (χ0n) is 11.3. The molecule has 0 bridgehead atoms. The van der Waals surface area contributed by atoms with Crippen molar-refractivity contribution in [2.75, 3.05) is 13.6 Å². The van der Waals surface area contributed by atoms with E-state index in [1.807, 2.05) is 30.3 Å². The van der Waals surface area contributed by atoms with E-state index in [1.54, 1.807) is 18.2 Å². The maximum Gasteiger partial charge on any atom is 0.187 e. The van der Waals surface area contributed by atoms with E-state index in [0.29, 0.717) is 10.4 Å². The number of halogens is 2. The first kappa shape index (κ1) is 15.4. The van der Waals surface area contributed by atoms with Gasteiger partial charge in [0, 0.05) is 16.1 Å². The summed E-state index contributed by atoms with van der Waals surface area (Å²) in [5.74, 6) is -0.200. The molecule has 106 valence electrons. The van der Waals surface area contributed by atoms with Crippen LogP contribution in [-0.4, -0.2) is 24.3 Å². The van der Waals surface area contributed by atoms with Crippen molar-refractivity contribution in [3.05, 3.63) is 56.4 Å². The zero-order valence-corrected chi connectivity index (χ0v) is 13.7. The average Bonchev–Trinajstić information content (AvgIpc) is 2.84. The molecule has 0 aliphatic heterocycles. The molecule has 5 heteroatoms. The number of hydrogen-bond acceptors (Lipinski definition) is 3. The number of carbonyl (C=O) groups is 1. The van der Waals surface area contributed by atoms with Gasteiger partial charge >= 0.3 is 0 Å². The van der Waals surface area contributed by atoms with Crippen LogP contribution in [0.4, 0.5) is 4.39 Å². The van der Waals surface area contributed by atoms with Crippen molar-refractivity contribution in [1.82, 2.24) is 4.90 Å². The highest BCUT2D eigenvalue weighted by Gasteiger charge is 2.20. The first-order valence-electron chi connectivity index (χ1n) is 6.21. The van der Waals surface area contributed by atoms with Crippen molar-refractivity contribution in [1.29, 1.82) is 0 Å². The monoisotopic (exact) mass is 355 g/mol. The van der Waals surface area contributed by atoms with Gasteiger partial charge in [-0.15, -0.1) is 11.3 Å². The molecule has 0 saturated heterocycles. The highest BCUT2D eigenvalue weighted by Crippen LogP contribution is 2.25. The Kier molecular flexibility index (Phi) is 5.07. The molecule has 0 spiro atoms. The molecule has 1 atom stereocenters. The molecule has 20 heavy (non-hydrogen) atoms. The number of carbonyl (C=O) groups excluding carboxylic acids is 1. The quantitative estimate of drug-likeness (QED) is 0.734. The Morgan fingerprint density at radius 1 is 1.40 bits per heavy atom. The van der Waals surface area contributed by atoms with Gasteiger partial charge in [-0.2, -0.15) is 0 Å². The van der Waals surface area contributed by atoms with Crippen molar-refractivity contribution in [2.45, 2.75) is 13.0 Å². The van der Waals surface area contributed by atoms with Gasteiger partial charge in [0.05, 0.1) is 11.4 Å². The third kappa shape index (κ3) is 3.34. The van der Waals surface area contributed by atoms with Crippen LogP contribution in [0.3, 0.4) is 0 Å². The summed E-state index contributed by atoms with van der Waals surface area (Å²) in [4.78, 5) is 14.8. The predicted molar refractivity (Wildman–Crippen MR) is 83.8 cm³/mol. The minimum atomic E-state index is -0.239. The summed E-state index contributed by atoms with van der Waals surface area (Å²) in [6, 6.07) is 8.37. The lowest BCUT2D eigenvalue weighted by atomic mass is 10.1. The highest BCUT2D eigenvalue weighted by atomic mass is 79.9. The molecule has 0 N–H and O–H groups in total. The molecule has 1 heterocycles. The first-order chi connectivity index (χ1) is 9.50. The molecule has 0 saturated carbocycles. The van der Waals surface area contributed by atoms with E-state index < -0.39 is 0 Å². The Balaban J connectivity index is 2.09. The van der Waals surface area contributed by atoms with Gasteiger partial charge in [-0.3, -0.25) is 9.69 Å². The largest absolute Gasteiger partial charge is 0.292 e. The van der Waals surface area contributed by atoms with Crippen molar-refractivity contribution in [2.24, 2.45) is 0 Å². The fourth-order valence-electron chi connectivity index (χ4n) is 1.98. The van der Waals surface area contributed by atoms with E-state index in [-0.39, 0.29) is 24.2 Å². The van der Waals surface area contributed by atoms with Gasteiger partial charge in [-0.25, -0.2) is 4.39 Å². The maximum absolute atomic E-state index is 13.8. The summed E-state index contributed by atoms with van der Waals surface area (Å²) in [6.45, 7) is 2.16. The van der Waals surface area contributed by atoms with Crippen LogP contribution in [0, 0.1) is 5.82 Å². The van der Waals surface area contributed by atoms with Gasteiger partial charge in [-0.05, 0) is 47.4 Å². The van der Waals surface area contributed by atoms with E-state index in [2.05, 4.69) is 15.9 Å². The molecule has 0 aliphatic rings. The van der Waals surface area contributed by atoms with Gasteiger partial charge in [0.2, 0.25) is 0 Å². The summed E-state index contributed by atoms with van der Waals surface area (Å²) in [5.41, 5.74) is 0.605. The summed E-state index contributed by atoms with van der Waals surface area (Å²) in [7, 11) is 1.83. The van der Waals surface area contributed by atoms with Crippen molar-refractivity contribution in [3.63, 3.8) is 0 Å². The van der Waals surface area contributed by atoms with Gasteiger partial charge in [0.1, 0.15) is 5.82 Å². The standard InChI is InChI=1S/C15H15BrFNOS/c1-10(11-5-3-4-6-13(11)17)18(2)9-14(19)15-12(16)7-8-20-15/h3-8,10H,9H2,1-2H3. The van der Waals surface area contributed by atoms with Crippen molar-refractivity contribution >= 4 is 33.0 Å². The lowest BCUT2D eigenvalue weighted by Gasteiger charge is -2.24. The van der Waals surface area contributed by atoms with E-state index in [9.17, 15) is 9.18 Å². The second-order valence-electron chi connectivity index (χ2n) is 4.63. The highest BCUT2D eigenvalue weighted by molar-refractivity contribution is 9.10. The summed E-state index contributed by atoms with van der Waals surface area (Å²) in [6.07, 6.45) is 0.